The second-order valence-electron chi connectivity index (χ2n) is 1.87. The van der Waals surface area contributed by atoms with E-state index in [9.17, 15) is 0 Å². The Bertz CT molecular complexity index is 169. The van der Waals surface area contributed by atoms with Gasteiger partial charge in [-0.1, -0.05) is 48.5 Å². The molecule has 86 valence electrons. The molecule has 0 aliphatic heterocycles. The van der Waals surface area contributed by atoms with Crippen LogP contribution in [0.3, 0.4) is 0 Å². The molecule has 0 unspecified atom stereocenters. The summed E-state index contributed by atoms with van der Waals surface area (Å²) in [7, 11) is 0. The lowest BCUT2D eigenvalue weighted by Crippen LogP contribution is -1.78. The summed E-state index contributed by atoms with van der Waals surface area (Å²) in [6.45, 7) is 16.2. The van der Waals surface area contributed by atoms with Gasteiger partial charge in [0.1, 0.15) is 0 Å². The SMILES string of the molecule is CC.CC.CC.CCc1cn[nH]c1C. The fourth-order valence-electron chi connectivity index (χ4n) is 0.732. The Morgan fingerprint density at radius 3 is 1.64 bits per heavy atom. The molecule has 2 nitrogen and oxygen atoms in total. The minimum absolute atomic E-state index is 1.07. The summed E-state index contributed by atoms with van der Waals surface area (Å²) in [6, 6.07) is 0. The number of nitrogens with one attached hydrogen (secondary N) is 1. The maximum atomic E-state index is 3.87. The quantitative estimate of drug-likeness (QED) is 0.717. The van der Waals surface area contributed by atoms with E-state index in [1.165, 1.54) is 11.3 Å². The van der Waals surface area contributed by atoms with Gasteiger partial charge >= 0.3 is 0 Å². The molecule has 2 heteroatoms. The first-order valence-corrected chi connectivity index (χ1v) is 5.83. The highest BCUT2D eigenvalue weighted by Gasteiger charge is 1.92. The summed E-state index contributed by atoms with van der Waals surface area (Å²) >= 11 is 0. The number of H-pyrrole nitrogens is 1. The lowest BCUT2D eigenvalue weighted by atomic mass is 10.2. The van der Waals surface area contributed by atoms with Crippen LogP contribution in [0.25, 0.3) is 0 Å². The maximum absolute atomic E-state index is 3.87. The molecule has 0 spiro atoms. The fraction of sp³-hybridized carbons (Fsp3) is 0.750. The Balaban J connectivity index is -0.000000174. The highest BCUT2D eigenvalue weighted by molar-refractivity contribution is 5.13. The van der Waals surface area contributed by atoms with Gasteiger partial charge in [0, 0.05) is 5.69 Å². The first kappa shape index (κ1) is 18.9. The van der Waals surface area contributed by atoms with E-state index in [1.54, 1.807) is 0 Å². The summed E-state index contributed by atoms with van der Waals surface area (Å²) in [6.07, 6.45) is 2.94. The molecule has 0 saturated heterocycles. The minimum Gasteiger partial charge on any atom is -0.283 e. The standard InChI is InChI=1S/C6H10N2.3C2H6/c1-3-6-4-7-8-5(6)2;3*1-2/h4H,3H2,1-2H3,(H,7,8);3*1-2H3. The summed E-state index contributed by atoms with van der Waals surface area (Å²) in [5, 5.41) is 6.74. The van der Waals surface area contributed by atoms with Gasteiger partial charge in [-0.25, -0.2) is 0 Å². The molecule has 0 aliphatic rings. The van der Waals surface area contributed by atoms with Crippen LogP contribution in [0.1, 0.15) is 59.7 Å². The van der Waals surface area contributed by atoms with E-state index in [4.69, 9.17) is 0 Å². The van der Waals surface area contributed by atoms with Crippen LogP contribution in [0, 0.1) is 6.92 Å². The zero-order valence-electron chi connectivity index (χ0n) is 11.2. The number of hydrogen-bond donors (Lipinski definition) is 1. The van der Waals surface area contributed by atoms with E-state index in [-0.39, 0.29) is 0 Å². The first-order chi connectivity index (χ1) is 6.84. The van der Waals surface area contributed by atoms with E-state index in [1.807, 2.05) is 54.7 Å². The van der Waals surface area contributed by atoms with E-state index in [0.29, 0.717) is 0 Å². The highest BCUT2D eigenvalue weighted by Crippen LogP contribution is 2.01. The van der Waals surface area contributed by atoms with Crippen LogP contribution in [-0.2, 0) is 6.42 Å². The average molecular weight is 200 g/mol. The second-order valence-corrected chi connectivity index (χ2v) is 1.87. The van der Waals surface area contributed by atoms with Crippen LogP contribution in [0.2, 0.25) is 0 Å². The smallest absolute Gasteiger partial charge is 0.0521 e. The van der Waals surface area contributed by atoms with Crippen LogP contribution in [-0.4, -0.2) is 10.2 Å². The van der Waals surface area contributed by atoms with Gasteiger partial charge in [0.25, 0.3) is 0 Å². The van der Waals surface area contributed by atoms with Crippen LogP contribution in [0.4, 0.5) is 0 Å². The molecule has 1 heterocycles. The predicted molar refractivity (Wildman–Crippen MR) is 66.7 cm³/mol. The molecular formula is C12H28N2. The third-order valence-corrected chi connectivity index (χ3v) is 1.32. The number of aryl methyl sites for hydroxylation is 2. The van der Waals surface area contributed by atoms with E-state index >= 15 is 0 Å². The van der Waals surface area contributed by atoms with E-state index in [0.717, 1.165) is 6.42 Å². The van der Waals surface area contributed by atoms with Crippen LogP contribution in [0.15, 0.2) is 6.20 Å². The Kier molecular flexibility index (Phi) is 24.4. The molecule has 0 aliphatic carbocycles. The fourth-order valence-corrected chi connectivity index (χ4v) is 0.732. The minimum atomic E-state index is 1.07. The van der Waals surface area contributed by atoms with Crippen molar-refractivity contribution >= 4 is 0 Å². The molecule has 1 aromatic heterocycles. The van der Waals surface area contributed by atoms with Crippen molar-refractivity contribution in [3.05, 3.63) is 17.5 Å². The Hall–Kier alpha value is -0.790. The van der Waals surface area contributed by atoms with Crippen LogP contribution < -0.4 is 0 Å². The monoisotopic (exact) mass is 200 g/mol. The normalized spacial score (nSPS) is 6.86. The lowest BCUT2D eigenvalue weighted by Gasteiger charge is -1.86. The largest absolute Gasteiger partial charge is 0.283 e. The van der Waals surface area contributed by atoms with Crippen molar-refractivity contribution in [3.63, 3.8) is 0 Å². The molecule has 0 fully saturated rings. The number of aromatic amines is 1. The second kappa shape index (κ2) is 18.1. The zero-order valence-corrected chi connectivity index (χ0v) is 11.2. The number of nitrogens with zero attached hydrogens (tertiary/aromatic N) is 1. The number of rotatable bonds is 1. The molecule has 0 atom stereocenters. The highest BCUT2D eigenvalue weighted by atomic mass is 15.1. The van der Waals surface area contributed by atoms with Crippen molar-refractivity contribution in [2.45, 2.75) is 61.8 Å². The van der Waals surface area contributed by atoms with E-state index < -0.39 is 0 Å². The summed E-state index contributed by atoms with van der Waals surface area (Å²) in [5.41, 5.74) is 2.50. The summed E-state index contributed by atoms with van der Waals surface area (Å²) in [4.78, 5) is 0. The molecular weight excluding hydrogens is 172 g/mol. The summed E-state index contributed by atoms with van der Waals surface area (Å²) in [5.74, 6) is 0. The molecule has 1 rings (SSSR count). The van der Waals surface area contributed by atoms with Crippen molar-refractivity contribution in [3.8, 4) is 0 Å². The third kappa shape index (κ3) is 9.30. The molecule has 0 radical (unpaired) electrons. The van der Waals surface area contributed by atoms with Gasteiger partial charge in [0.05, 0.1) is 6.20 Å². The predicted octanol–water partition coefficient (Wildman–Crippen LogP) is 4.36. The van der Waals surface area contributed by atoms with Crippen LogP contribution in [0.5, 0.6) is 0 Å². The molecule has 1 aromatic rings. The first-order valence-electron chi connectivity index (χ1n) is 5.83. The topological polar surface area (TPSA) is 28.7 Å². The van der Waals surface area contributed by atoms with Gasteiger partial charge in [-0.05, 0) is 18.9 Å². The third-order valence-electron chi connectivity index (χ3n) is 1.32. The van der Waals surface area contributed by atoms with Gasteiger partial charge < -0.3 is 0 Å². The van der Waals surface area contributed by atoms with Gasteiger partial charge in [-0.15, -0.1) is 0 Å². The van der Waals surface area contributed by atoms with Gasteiger partial charge in [0.15, 0.2) is 0 Å². The molecule has 0 saturated carbocycles. The molecule has 14 heavy (non-hydrogen) atoms. The molecule has 1 N–H and O–H groups in total. The van der Waals surface area contributed by atoms with Crippen molar-refractivity contribution in [2.24, 2.45) is 0 Å². The van der Waals surface area contributed by atoms with Crippen molar-refractivity contribution in [1.29, 1.82) is 0 Å². The van der Waals surface area contributed by atoms with Crippen molar-refractivity contribution in [1.82, 2.24) is 10.2 Å². The summed E-state index contributed by atoms with van der Waals surface area (Å²) < 4.78 is 0. The zero-order chi connectivity index (χ0) is 12.0. The Morgan fingerprint density at radius 1 is 1.07 bits per heavy atom. The molecule has 0 aromatic carbocycles. The van der Waals surface area contributed by atoms with Crippen molar-refractivity contribution in [2.75, 3.05) is 0 Å². The number of aromatic nitrogens is 2. The van der Waals surface area contributed by atoms with Crippen molar-refractivity contribution < 1.29 is 0 Å². The Labute approximate surface area is 90.1 Å². The molecule has 0 amide bonds. The van der Waals surface area contributed by atoms with Gasteiger partial charge in [0.2, 0.25) is 0 Å². The maximum Gasteiger partial charge on any atom is 0.0521 e. The Morgan fingerprint density at radius 2 is 1.50 bits per heavy atom. The van der Waals surface area contributed by atoms with Gasteiger partial charge in [-0.3, -0.25) is 5.10 Å². The van der Waals surface area contributed by atoms with Crippen LogP contribution >= 0.6 is 0 Å². The number of hydrogen-bond acceptors (Lipinski definition) is 1. The van der Waals surface area contributed by atoms with Gasteiger partial charge in [-0.2, -0.15) is 5.10 Å². The average Bonchev–Trinajstić information content (AvgIpc) is 2.72. The van der Waals surface area contributed by atoms with E-state index in [2.05, 4.69) is 17.1 Å². The molecule has 0 bridgehead atoms. The lowest BCUT2D eigenvalue weighted by molar-refractivity contribution is 1.04.